The molecule has 0 fully saturated rings. The molecule has 0 spiro atoms. The van der Waals surface area contributed by atoms with Crippen LogP contribution in [0, 0.1) is 0 Å². The summed E-state index contributed by atoms with van der Waals surface area (Å²) in [7, 11) is 0. The third kappa shape index (κ3) is 2.15. The first-order chi connectivity index (χ1) is 7.29. The Morgan fingerprint density at radius 2 is 2.47 bits per heavy atom. The van der Waals surface area contributed by atoms with Crippen LogP contribution in [0.3, 0.4) is 0 Å². The zero-order valence-electron chi connectivity index (χ0n) is 8.43. The Morgan fingerprint density at radius 1 is 1.60 bits per heavy atom. The Balaban J connectivity index is 2.18. The van der Waals surface area contributed by atoms with Crippen molar-refractivity contribution < 1.29 is 4.42 Å². The van der Waals surface area contributed by atoms with Crippen LogP contribution in [0.1, 0.15) is 24.8 Å². The number of hydrogen-bond acceptors (Lipinski definition) is 4. The van der Waals surface area contributed by atoms with Gasteiger partial charge >= 0.3 is 5.76 Å². The molecule has 2 aromatic rings. The first kappa shape index (κ1) is 9.70. The second kappa shape index (κ2) is 4.12. The molecule has 0 amide bonds. The summed E-state index contributed by atoms with van der Waals surface area (Å²) in [6.07, 6.45) is 4.97. The van der Waals surface area contributed by atoms with E-state index in [1.807, 2.05) is 6.92 Å². The molecule has 0 saturated carbocycles. The Labute approximate surface area is 85.9 Å². The maximum absolute atomic E-state index is 11.3. The van der Waals surface area contributed by atoms with Crippen LogP contribution >= 0.6 is 0 Å². The van der Waals surface area contributed by atoms with Crippen molar-refractivity contribution in [3.05, 3.63) is 34.4 Å². The summed E-state index contributed by atoms with van der Waals surface area (Å²) in [5, 5.41) is 10.5. The van der Waals surface area contributed by atoms with Crippen molar-refractivity contribution in [2.45, 2.75) is 26.3 Å². The highest BCUT2D eigenvalue weighted by molar-refractivity contribution is 5.02. The molecule has 0 unspecified atom stereocenters. The molecule has 0 aliphatic heterocycles. The van der Waals surface area contributed by atoms with Crippen molar-refractivity contribution in [1.82, 2.24) is 20.0 Å². The van der Waals surface area contributed by atoms with Crippen molar-refractivity contribution in [2.24, 2.45) is 0 Å². The van der Waals surface area contributed by atoms with E-state index in [1.54, 1.807) is 12.4 Å². The maximum Gasteiger partial charge on any atom is 0.437 e. The van der Waals surface area contributed by atoms with Gasteiger partial charge < -0.3 is 4.42 Å². The Bertz CT molecular complexity index is 469. The number of nitrogens with one attached hydrogen (secondary N) is 1. The monoisotopic (exact) mass is 208 g/mol. The molecule has 6 nitrogen and oxygen atoms in total. The summed E-state index contributed by atoms with van der Waals surface area (Å²) >= 11 is 0. The normalized spacial score (nSPS) is 10.7. The largest absolute Gasteiger partial charge is 0.437 e. The van der Waals surface area contributed by atoms with Gasteiger partial charge in [-0.15, -0.1) is 5.10 Å². The number of hydrogen-bond donors (Lipinski definition) is 1. The third-order valence-electron chi connectivity index (χ3n) is 2.00. The number of H-pyrrole nitrogens is 1. The van der Waals surface area contributed by atoms with Crippen molar-refractivity contribution in [3.8, 4) is 0 Å². The smallest absolute Gasteiger partial charge is 0.392 e. The van der Waals surface area contributed by atoms with Gasteiger partial charge in [0.1, 0.15) is 0 Å². The molecule has 0 aliphatic carbocycles. The van der Waals surface area contributed by atoms with Gasteiger partial charge in [0.15, 0.2) is 0 Å². The number of nitrogens with zero attached hydrogens (tertiary/aromatic N) is 3. The molecule has 0 radical (unpaired) electrons. The van der Waals surface area contributed by atoms with Crippen LogP contribution in [0.5, 0.6) is 0 Å². The highest BCUT2D eigenvalue weighted by Crippen LogP contribution is 1.99. The topological polar surface area (TPSA) is 76.7 Å². The van der Waals surface area contributed by atoms with E-state index in [-0.39, 0.29) is 0 Å². The number of aryl methyl sites for hydroxylation is 1. The lowest BCUT2D eigenvalue weighted by Gasteiger charge is -1.92. The molecule has 80 valence electrons. The molecule has 2 aromatic heterocycles. The van der Waals surface area contributed by atoms with E-state index in [4.69, 9.17) is 4.42 Å². The van der Waals surface area contributed by atoms with E-state index < -0.39 is 5.76 Å². The average Bonchev–Trinajstić information content (AvgIpc) is 2.79. The molecule has 2 heterocycles. The predicted octanol–water partition coefficient (Wildman–Crippen LogP) is 0.560. The van der Waals surface area contributed by atoms with Gasteiger partial charge in [-0.2, -0.15) is 9.78 Å². The fraction of sp³-hybridized carbons (Fsp3) is 0.444. The lowest BCUT2D eigenvalue weighted by molar-refractivity contribution is 0.448. The van der Waals surface area contributed by atoms with Crippen molar-refractivity contribution in [1.29, 1.82) is 0 Å². The first-order valence-electron chi connectivity index (χ1n) is 4.84. The molecule has 0 aromatic carbocycles. The minimum Gasteiger partial charge on any atom is -0.392 e. The highest BCUT2D eigenvalue weighted by atomic mass is 16.4. The predicted molar refractivity (Wildman–Crippen MR) is 52.4 cm³/mol. The molecule has 0 aliphatic rings. The summed E-state index contributed by atoms with van der Waals surface area (Å²) in [5.74, 6) is 0.0747. The summed E-state index contributed by atoms with van der Waals surface area (Å²) in [6.45, 7) is 2.40. The maximum atomic E-state index is 11.3. The van der Waals surface area contributed by atoms with Crippen LogP contribution in [0.25, 0.3) is 0 Å². The Hall–Kier alpha value is -1.85. The van der Waals surface area contributed by atoms with Gasteiger partial charge in [0.25, 0.3) is 0 Å². The van der Waals surface area contributed by atoms with Gasteiger partial charge in [-0.25, -0.2) is 4.79 Å². The molecule has 1 N–H and O–H groups in total. The molecule has 2 rings (SSSR count). The zero-order valence-corrected chi connectivity index (χ0v) is 8.43. The quantitative estimate of drug-likeness (QED) is 0.796. The van der Waals surface area contributed by atoms with E-state index in [0.29, 0.717) is 18.9 Å². The minimum atomic E-state index is -0.417. The van der Waals surface area contributed by atoms with Crippen molar-refractivity contribution >= 4 is 0 Å². The lowest BCUT2D eigenvalue weighted by Crippen LogP contribution is -2.16. The number of aromatic amines is 1. The van der Waals surface area contributed by atoms with Gasteiger partial charge in [0.05, 0.1) is 12.7 Å². The van der Waals surface area contributed by atoms with Gasteiger partial charge in [-0.1, -0.05) is 6.92 Å². The van der Waals surface area contributed by atoms with Crippen LogP contribution in [-0.4, -0.2) is 20.0 Å². The third-order valence-corrected chi connectivity index (χ3v) is 2.00. The molecule has 0 atom stereocenters. The standard InChI is InChI=1S/C9H12N4O2/c1-2-3-8-12-13(9(14)15-8)6-7-4-10-11-5-7/h4-5H,2-3,6H2,1H3,(H,10,11). The molecule has 0 saturated heterocycles. The molecule has 0 bridgehead atoms. The summed E-state index contributed by atoms with van der Waals surface area (Å²) in [6, 6.07) is 0. The van der Waals surface area contributed by atoms with Gasteiger partial charge in [0, 0.05) is 18.2 Å². The minimum absolute atomic E-state index is 0.391. The SMILES string of the molecule is CCCc1nn(Cc2cn[nH]c2)c(=O)o1. The van der Waals surface area contributed by atoms with Crippen LogP contribution in [-0.2, 0) is 13.0 Å². The van der Waals surface area contributed by atoms with Crippen LogP contribution in [0.2, 0.25) is 0 Å². The summed E-state index contributed by atoms with van der Waals surface area (Å²) < 4.78 is 6.27. The van der Waals surface area contributed by atoms with Crippen LogP contribution in [0.4, 0.5) is 0 Å². The molecule has 6 heteroatoms. The Kier molecular flexibility index (Phi) is 2.66. The van der Waals surface area contributed by atoms with Crippen molar-refractivity contribution in [3.63, 3.8) is 0 Å². The highest BCUT2D eigenvalue weighted by Gasteiger charge is 2.07. The van der Waals surface area contributed by atoms with E-state index in [0.717, 1.165) is 12.0 Å². The second-order valence-corrected chi connectivity index (χ2v) is 3.28. The lowest BCUT2D eigenvalue weighted by atomic mass is 10.3. The number of rotatable bonds is 4. The van der Waals surface area contributed by atoms with Gasteiger partial charge in [-0.3, -0.25) is 5.10 Å². The molecular formula is C9H12N4O2. The fourth-order valence-corrected chi connectivity index (χ4v) is 1.30. The number of aromatic nitrogens is 4. The average molecular weight is 208 g/mol. The Morgan fingerprint density at radius 3 is 3.13 bits per heavy atom. The molecule has 15 heavy (non-hydrogen) atoms. The van der Waals surface area contributed by atoms with E-state index >= 15 is 0 Å². The van der Waals surface area contributed by atoms with Crippen LogP contribution in [0.15, 0.2) is 21.6 Å². The van der Waals surface area contributed by atoms with Gasteiger partial charge in [-0.05, 0) is 6.42 Å². The summed E-state index contributed by atoms with van der Waals surface area (Å²) in [4.78, 5) is 11.3. The fourth-order valence-electron chi connectivity index (χ4n) is 1.30. The second-order valence-electron chi connectivity index (χ2n) is 3.28. The van der Waals surface area contributed by atoms with E-state index in [1.165, 1.54) is 4.68 Å². The van der Waals surface area contributed by atoms with Crippen molar-refractivity contribution in [2.75, 3.05) is 0 Å². The van der Waals surface area contributed by atoms with Gasteiger partial charge in [0.2, 0.25) is 5.89 Å². The molecular weight excluding hydrogens is 196 g/mol. The van der Waals surface area contributed by atoms with E-state index in [2.05, 4.69) is 15.3 Å². The van der Waals surface area contributed by atoms with Crippen LogP contribution < -0.4 is 5.76 Å². The summed E-state index contributed by atoms with van der Waals surface area (Å²) in [5.41, 5.74) is 0.897. The zero-order chi connectivity index (χ0) is 10.7. The van der Waals surface area contributed by atoms with E-state index in [9.17, 15) is 4.79 Å². The first-order valence-corrected chi connectivity index (χ1v) is 4.84.